The first-order valence-electron chi connectivity index (χ1n) is 5.09. The summed E-state index contributed by atoms with van der Waals surface area (Å²) >= 11 is 0. The van der Waals surface area contributed by atoms with E-state index in [-0.39, 0.29) is 23.8 Å². The van der Waals surface area contributed by atoms with Gasteiger partial charge in [-0.2, -0.15) is 0 Å². The van der Waals surface area contributed by atoms with Crippen LogP contribution in [0, 0.1) is 5.82 Å². The van der Waals surface area contributed by atoms with Gasteiger partial charge in [0.1, 0.15) is 17.7 Å². The summed E-state index contributed by atoms with van der Waals surface area (Å²) in [6.07, 6.45) is -1.31. The third-order valence-electron chi connectivity index (χ3n) is 2.39. The fourth-order valence-electron chi connectivity index (χ4n) is 1.56. The zero-order chi connectivity index (χ0) is 12.4. The highest BCUT2D eigenvalue weighted by atomic mass is 19.1. The van der Waals surface area contributed by atoms with E-state index in [0.29, 0.717) is 5.69 Å². The molecule has 90 valence electrons. The van der Waals surface area contributed by atoms with Gasteiger partial charge in [-0.3, -0.25) is 0 Å². The summed E-state index contributed by atoms with van der Waals surface area (Å²) in [5.74, 6) is -0.376. The van der Waals surface area contributed by atoms with Crippen LogP contribution in [0.5, 0.6) is 0 Å². The van der Waals surface area contributed by atoms with Crippen molar-refractivity contribution in [2.45, 2.75) is 19.7 Å². The molecule has 1 unspecified atom stereocenters. The maximum absolute atomic E-state index is 13.2. The lowest BCUT2D eigenvalue weighted by Crippen LogP contribution is -2.04. The maximum Gasteiger partial charge on any atom is 0.143 e. The Morgan fingerprint density at radius 3 is 2.53 bits per heavy atom. The third-order valence-corrected chi connectivity index (χ3v) is 2.39. The van der Waals surface area contributed by atoms with Crippen LogP contribution in [0.15, 0.2) is 24.3 Å². The number of halogens is 2. The number of nitrogens with zero attached hydrogens (tertiary/aromatic N) is 3. The zero-order valence-electron chi connectivity index (χ0n) is 9.14. The molecule has 0 bridgehead atoms. The van der Waals surface area contributed by atoms with E-state index in [1.807, 2.05) is 0 Å². The van der Waals surface area contributed by atoms with Gasteiger partial charge in [0.15, 0.2) is 0 Å². The molecule has 2 rings (SSSR count). The largest absolute Gasteiger partial charge is 0.390 e. The molecule has 4 nitrogen and oxygen atoms in total. The first-order valence-corrected chi connectivity index (χ1v) is 5.09. The van der Waals surface area contributed by atoms with E-state index >= 15 is 0 Å². The molecule has 1 heterocycles. The number of rotatable bonds is 3. The zero-order valence-corrected chi connectivity index (χ0v) is 9.14. The average Bonchev–Trinajstić information content (AvgIpc) is 2.73. The molecule has 6 heteroatoms. The van der Waals surface area contributed by atoms with E-state index < -0.39 is 6.17 Å². The Hall–Kier alpha value is -1.82. The summed E-state index contributed by atoms with van der Waals surface area (Å²) in [5.41, 5.74) is 0.887. The van der Waals surface area contributed by atoms with E-state index in [1.165, 1.54) is 35.9 Å². The van der Waals surface area contributed by atoms with Crippen molar-refractivity contribution in [2.75, 3.05) is 0 Å². The number of aliphatic hydroxyl groups excluding tert-OH is 1. The molecule has 0 aliphatic carbocycles. The summed E-state index contributed by atoms with van der Waals surface area (Å²) in [4.78, 5) is 0. The molecule has 17 heavy (non-hydrogen) atoms. The van der Waals surface area contributed by atoms with E-state index in [2.05, 4.69) is 10.3 Å². The van der Waals surface area contributed by atoms with Gasteiger partial charge in [0.2, 0.25) is 0 Å². The van der Waals surface area contributed by atoms with Crippen molar-refractivity contribution in [3.63, 3.8) is 0 Å². The summed E-state index contributed by atoms with van der Waals surface area (Å²) in [7, 11) is 0. The van der Waals surface area contributed by atoms with Gasteiger partial charge in [-0.25, -0.2) is 13.5 Å². The van der Waals surface area contributed by atoms with Gasteiger partial charge in [0, 0.05) is 0 Å². The van der Waals surface area contributed by atoms with Crippen LogP contribution in [-0.4, -0.2) is 20.1 Å². The standard InChI is InChI=1S/C11H11F2N3O/c1-7(12)11-10(6-17)16(15-14-11)9-4-2-8(13)3-5-9/h2-5,7,17H,6H2,1H3. The summed E-state index contributed by atoms with van der Waals surface area (Å²) in [6, 6.07) is 5.49. The second-order valence-corrected chi connectivity index (χ2v) is 3.58. The Morgan fingerprint density at radius 2 is 2.00 bits per heavy atom. The van der Waals surface area contributed by atoms with Crippen molar-refractivity contribution in [2.24, 2.45) is 0 Å². The van der Waals surface area contributed by atoms with Gasteiger partial charge in [-0.1, -0.05) is 5.21 Å². The molecular weight excluding hydrogens is 228 g/mol. The van der Waals surface area contributed by atoms with Gasteiger partial charge < -0.3 is 5.11 Å². The SMILES string of the molecule is CC(F)c1nnn(-c2ccc(F)cc2)c1CO. The minimum atomic E-state index is -1.31. The Kier molecular flexibility index (Phi) is 3.14. The second kappa shape index (κ2) is 4.58. The second-order valence-electron chi connectivity index (χ2n) is 3.58. The Labute approximate surface area is 96.5 Å². The van der Waals surface area contributed by atoms with Gasteiger partial charge >= 0.3 is 0 Å². The fourth-order valence-corrected chi connectivity index (χ4v) is 1.56. The molecular formula is C11H11F2N3O. The van der Waals surface area contributed by atoms with Gasteiger partial charge in [-0.05, 0) is 31.2 Å². The summed E-state index contributed by atoms with van der Waals surface area (Å²) < 4.78 is 27.2. The van der Waals surface area contributed by atoms with Crippen LogP contribution < -0.4 is 0 Å². The first kappa shape index (κ1) is 11.7. The number of aromatic nitrogens is 3. The third kappa shape index (κ3) is 2.16. The van der Waals surface area contributed by atoms with Crippen molar-refractivity contribution in [3.8, 4) is 5.69 Å². The molecule has 0 radical (unpaired) electrons. The number of alkyl halides is 1. The molecule has 0 aliphatic heterocycles. The lowest BCUT2D eigenvalue weighted by atomic mass is 10.2. The molecule has 1 atom stereocenters. The molecule has 1 aromatic heterocycles. The van der Waals surface area contributed by atoms with Crippen LogP contribution in [0.4, 0.5) is 8.78 Å². The van der Waals surface area contributed by atoms with Gasteiger partial charge in [0.05, 0.1) is 18.0 Å². The summed E-state index contributed by atoms with van der Waals surface area (Å²) in [5, 5.41) is 16.6. The van der Waals surface area contributed by atoms with Crippen molar-refractivity contribution in [1.82, 2.24) is 15.0 Å². The predicted molar refractivity (Wildman–Crippen MR) is 56.8 cm³/mol. The van der Waals surface area contributed by atoms with E-state index in [4.69, 9.17) is 0 Å². The molecule has 0 aliphatic rings. The predicted octanol–water partition coefficient (Wildman–Crippen LogP) is 1.93. The molecule has 0 fully saturated rings. The van der Waals surface area contributed by atoms with Crippen molar-refractivity contribution in [1.29, 1.82) is 0 Å². The van der Waals surface area contributed by atoms with Crippen molar-refractivity contribution < 1.29 is 13.9 Å². The fraction of sp³-hybridized carbons (Fsp3) is 0.273. The van der Waals surface area contributed by atoms with E-state index in [9.17, 15) is 13.9 Å². The van der Waals surface area contributed by atoms with Crippen LogP contribution in [0.2, 0.25) is 0 Å². The minimum absolute atomic E-state index is 0.0943. The van der Waals surface area contributed by atoms with Crippen LogP contribution >= 0.6 is 0 Å². The number of hydrogen-bond donors (Lipinski definition) is 1. The van der Waals surface area contributed by atoms with Gasteiger partial charge in [-0.15, -0.1) is 5.10 Å². The van der Waals surface area contributed by atoms with E-state index in [0.717, 1.165) is 0 Å². The highest BCUT2D eigenvalue weighted by Gasteiger charge is 2.18. The Bertz CT molecular complexity index is 508. The Morgan fingerprint density at radius 1 is 1.35 bits per heavy atom. The van der Waals surface area contributed by atoms with Crippen LogP contribution in [-0.2, 0) is 6.61 Å². The highest BCUT2D eigenvalue weighted by molar-refractivity contribution is 5.33. The van der Waals surface area contributed by atoms with Crippen molar-refractivity contribution in [3.05, 3.63) is 41.5 Å². The molecule has 0 saturated heterocycles. The monoisotopic (exact) mass is 239 g/mol. The van der Waals surface area contributed by atoms with Crippen LogP contribution in [0.25, 0.3) is 5.69 Å². The van der Waals surface area contributed by atoms with Gasteiger partial charge in [0.25, 0.3) is 0 Å². The van der Waals surface area contributed by atoms with Crippen LogP contribution in [0.1, 0.15) is 24.5 Å². The average molecular weight is 239 g/mol. The number of benzene rings is 1. The number of hydrogen-bond acceptors (Lipinski definition) is 3. The Balaban J connectivity index is 2.48. The molecule has 0 amide bonds. The molecule has 0 spiro atoms. The number of aliphatic hydroxyl groups is 1. The quantitative estimate of drug-likeness (QED) is 0.890. The van der Waals surface area contributed by atoms with E-state index in [1.54, 1.807) is 0 Å². The smallest absolute Gasteiger partial charge is 0.143 e. The maximum atomic E-state index is 13.2. The molecule has 1 aromatic carbocycles. The lowest BCUT2D eigenvalue weighted by Gasteiger charge is -2.05. The summed E-state index contributed by atoms with van der Waals surface area (Å²) in [6.45, 7) is 0.937. The minimum Gasteiger partial charge on any atom is -0.390 e. The molecule has 0 saturated carbocycles. The molecule has 1 N–H and O–H groups in total. The lowest BCUT2D eigenvalue weighted by molar-refractivity contribution is 0.266. The van der Waals surface area contributed by atoms with Crippen molar-refractivity contribution >= 4 is 0 Å². The highest BCUT2D eigenvalue weighted by Crippen LogP contribution is 2.21. The first-order chi connectivity index (χ1) is 8.13. The topological polar surface area (TPSA) is 50.9 Å². The van der Waals surface area contributed by atoms with Crippen LogP contribution in [0.3, 0.4) is 0 Å². The normalized spacial score (nSPS) is 12.7. The molecule has 2 aromatic rings.